The Morgan fingerprint density at radius 3 is 2.81 bits per heavy atom. The van der Waals surface area contributed by atoms with Crippen LogP contribution in [0.4, 0.5) is 11.4 Å². The third kappa shape index (κ3) is 3.06. The minimum atomic E-state index is -0.604. The van der Waals surface area contributed by atoms with Crippen molar-refractivity contribution >= 4 is 45.8 Å². The van der Waals surface area contributed by atoms with E-state index in [-0.39, 0.29) is 11.8 Å². The highest BCUT2D eigenvalue weighted by Gasteiger charge is 2.43. The lowest BCUT2D eigenvalue weighted by Gasteiger charge is -2.18. The molecule has 2 aromatic carbocycles. The molecule has 3 N–H and O–H groups in total. The molecular weight excluding hydrogens is 428 g/mol. The zero-order valence-electron chi connectivity index (χ0n) is 17.8. The van der Waals surface area contributed by atoms with Crippen LogP contribution in [0.15, 0.2) is 42.6 Å². The number of likely N-dealkylation sites (N-methyl/N-ethyl adjacent to an activating group) is 1. The van der Waals surface area contributed by atoms with Gasteiger partial charge in [0.2, 0.25) is 5.91 Å². The zero-order valence-corrected chi connectivity index (χ0v) is 18.5. The van der Waals surface area contributed by atoms with Gasteiger partial charge in [0.25, 0.3) is 5.91 Å². The van der Waals surface area contributed by atoms with E-state index < -0.39 is 5.41 Å². The number of hydrogen-bond donors (Lipinski definition) is 3. The summed E-state index contributed by atoms with van der Waals surface area (Å²) in [4.78, 5) is 35.2. The number of rotatable bonds is 4. The lowest BCUT2D eigenvalue weighted by Crippen LogP contribution is -2.35. The SMILES string of the molecule is CCN1C(=O)C(C)(C)c2cc3[nH]c(-c4n[nH]cc4NC(=O)c4cccc(Cl)c4)nc3cc21. The van der Waals surface area contributed by atoms with Crippen LogP contribution in [-0.2, 0) is 10.2 Å². The maximum absolute atomic E-state index is 12.8. The summed E-state index contributed by atoms with van der Waals surface area (Å²) in [5, 5.41) is 10.4. The number of H-pyrrole nitrogens is 2. The van der Waals surface area contributed by atoms with Crippen molar-refractivity contribution in [2.75, 3.05) is 16.8 Å². The molecule has 1 aliphatic heterocycles. The molecule has 4 aromatic rings. The van der Waals surface area contributed by atoms with Crippen molar-refractivity contribution < 1.29 is 9.59 Å². The highest BCUT2D eigenvalue weighted by Crippen LogP contribution is 2.43. The van der Waals surface area contributed by atoms with Crippen LogP contribution in [0.5, 0.6) is 0 Å². The van der Waals surface area contributed by atoms with E-state index in [0.717, 1.165) is 22.3 Å². The van der Waals surface area contributed by atoms with Gasteiger partial charge in [-0.15, -0.1) is 0 Å². The van der Waals surface area contributed by atoms with Gasteiger partial charge in [-0.2, -0.15) is 5.10 Å². The molecule has 2 aromatic heterocycles. The van der Waals surface area contributed by atoms with Crippen molar-refractivity contribution in [2.45, 2.75) is 26.2 Å². The summed E-state index contributed by atoms with van der Waals surface area (Å²) in [6.07, 6.45) is 1.60. The van der Waals surface area contributed by atoms with Crippen molar-refractivity contribution in [3.63, 3.8) is 0 Å². The highest BCUT2D eigenvalue weighted by molar-refractivity contribution is 6.31. The molecular formula is C23H21ClN6O2. The smallest absolute Gasteiger partial charge is 0.255 e. The summed E-state index contributed by atoms with van der Waals surface area (Å²) in [5.41, 5.74) is 4.18. The fourth-order valence-corrected chi connectivity index (χ4v) is 4.34. The quantitative estimate of drug-likeness (QED) is 0.427. The summed E-state index contributed by atoms with van der Waals surface area (Å²) in [5.74, 6) is 0.295. The maximum Gasteiger partial charge on any atom is 0.255 e. The first kappa shape index (κ1) is 20.3. The average Bonchev–Trinajstić information content (AvgIpc) is 3.43. The van der Waals surface area contributed by atoms with Gasteiger partial charge in [-0.3, -0.25) is 14.7 Å². The summed E-state index contributed by atoms with van der Waals surface area (Å²) in [6, 6.07) is 10.6. The molecule has 0 saturated heterocycles. The molecule has 0 spiro atoms. The van der Waals surface area contributed by atoms with Crippen LogP contribution in [0.3, 0.4) is 0 Å². The van der Waals surface area contributed by atoms with Crippen LogP contribution in [0.1, 0.15) is 36.7 Å². The topological polar surface area (TPSA) is 107 Å². The van der Waals surface area contributed by atoms with E-state index in [0.29, 0.717) is 34.3 Å². The third-order valence-corrected chi connectivity index (χ3v) is 6.09. The lowest BCUT2D eigenvalue weighted by molar-refractivity contribution is -0.122. The molecule has 2 amide bonds. The Balaban J connectivity index is 1.52. The number of benzene rings is 2. The number of amides is 2. The van der Waals surface area contributed by atoms with Gasteiger partial charge in [-0.1, -0.05) is 17.7 Å². The van der Waals surface area contributed by atoms with Crippen molar-refractivity contribution in [3.05, 3.63) is 58.7 Å². The summed E-state index contributed by atoms with van der Waals surface area (Å²) >= 11 is 6.00. The Morgan fingerprint density at radius 1 is 1.25 bits per heavy atom. The lowest BCUT2D eigenvalue weighted by atomic mass is 9.86. The number of aromatic nitrogens is 4. The van der Waals surface area contributed by atoms with Crippen molar-refractivity contribution in [1.29, 1.82) is 0 Å². The van der Waals surface area contributed by atoms with E-state index in [1.165, 1.54) is 0 Å². The zero-order chi connectivity index (χ0) is 22.6. The molecule has 32 heavy (non-hydrogen) atoms. The molecule has 0 atom stereocenters. The van der Waals surface area contributed by atoms with Gasteiger partial charge in [-0.05, 0) is 56.7 Å². The highest BCUT2D eigenvalue weighted by atomic mass is 35.5. The number of imidazole rings is 1. The molecule has 0 saturated carbocycles. The normalized spacial score (nSPS) is 14.8. The predicted octanol–water partition coefficient (Wildman–Crippen LogP) is 4.50. The van der Waals surface area contributed by atoms with Crippen LogP contribution in [-0.4, -0.2) is 38.5 Å². The molecule has 162 valence electrons. The van der Waals surface area contributed by atoms with Crippen LogP contribution >= 0.6 is 11.6 Å². The minimum Gasteiger partial charge on any atom is -0.337 e. The Morgan fingerprint density at radius 2 is 2.06 bits per heavy atom. The molecule has 5 rings (SSSR count). The van der Waals surface area contributed by atoms with Crippen LogP contribution < -0.4 is 10.2 Å². The molecule has 0 unspecified atom stereocenters. The number of halogens is 1. The number of nitrogens with one attached hydrogen (secondary N) is 3. The maximum atomic E-state index is 12.8. The number of nitrogens with zero attached hydrogens (tertiary/aromatic N) is 3. The first-order valence-corrected chi connectivity index (χ1v) is 10.6. The first-order chi connectivity index (χ1) is 15.3. The van der Waals surface area contributed by atoms with Gasteiger partial charge >= 0.3 is 0 Å². The molecule has 0 fully saturated rings. The van der Waals surface area contributed by atoms with E-state index in [1.807, 2.05) is 32.9 Å². The van der Waals surface area contributed by atoms with Crippen LogP contribution in [0.25, 0.3) is 22.6 Å². The molecule has 0 radical (unpaired) electrons. The summed E-state index contributed by atoms with van der Waals surface area (Å²) in [6.45, 7) is 6.42. The second kappa shape index (κ2) is 7.20. The van der Waals surface area contributed by atoms with E-state index in [2.05, 4.69) is 25.5 Å². The molecule has 0 bridgehead atoms. The summed E-state index contributed by atoms with van der Waals surface area (Å²) < 4.78 is 0. The fraction of sp³-hybridized carbons (Fsp3) is 0.217. The number of hydrogen-bond acceptors (Lipinski definition) is 4. The number of anilines is 2. The Labute approximate surface area is 189 Å². The van der Waals surface area contributed by atoms with Gasteiger partial charge in [0.1, 0.15) is 0 Å². The largest absolute Gasteiger partial charge is 0.337 e. The first-order valence-electron chi connectivity index (χ1n) is 10.3. The van der Waals surface area contributed by atoms with Crippen molar-refractivity contribution in [3.8, 4) is 11.5 Å². The standard InChI is InChI=1S/C23H21ClN6O2/c1-4-30-18-10-16-15(9-14(18)23(2,3)22(30)32)26-20(27-16)19-17(11-25-29-19)28-21(31)12-6-5-7-13(24)8-12/h5-11H,4H2,1-3H3,(H,25,29)(H,26,27)(H,28,31). The van der Waals surface area contributed by atoms with Gasteiger partial charge in [0.15, 0.2) is 11.5 Å². The van der Waals surface area contributed by atoms with Gasteiger partial charge in [0.05, 0.1) is 27.8 Å². The second-order valence-electron chi connectivity index (χ2n) is 8.26. The van der Waals surface area contributed by atoms with Crippen LogP contribution in [0.2, 0.25) is 5.02 Å². The van der Waals surface area contributed by atoms with E-state index in [1.54, 1.807) is 35.4 Å². The second-order valence-corrected chi connectivity index (χ2v) is 8.69. The third-order valence-electron chi connectivity index (χ3n) is 5.86. The Bertz CT molecular complexity index is 1390. The molecule has 9 heteroatoms. The predicted molar refractivity (Wildman–Crippen MR) is 124 cm³/mol. The van der Waals surface area contributed by atoms with Crippen molar-refractivity contribution in [1.82, 2.24) is 20.2 Å². The fourth-order valence-electron chi connectivity index (χ4n) is 4.15. The van der Waals surface area contributed by atoms with Crippen molar-refractivity contribution in [2.24, 2.45) is 0 Å². The van der Waals surface area contributed by atoms with Gasteiger partial charge < -0.3 is 15.2 Å². The Hall–Kier alpha value is -3.65. The molecule has 3 heterocycles. The summed E-state index contributed by atoms with van der Waals surface area (Å²) in [7, 11) is 0. The van der Waals surface area contributed by atoms with Crippen LogP contribution in [0, 0.1) is 0 Å². The number of carbonyl (C=O) groups is 2. The Kier molecular flexibility index (Phi) is 4.56. The van der Waals surface area contributed by atoms with Gasteiger partial charge in [-0.25, -0.2) is 4.98 Å². The van der Waals surface area contributed by atoms with Gasteiger partial charge in [0, 0.05) is 23.3 Å². The number of aromatic amines is 2. The average molecular weight is 449 g/mol. The number of carbonyl (C=O) groups excluding carboxylic acids is 2. The molecule has 8 nitrogen and oxygen atoms in total. The van der Waals surface area contributed by atoms with E-state index in [9.17, 15) is 9.59 Å². The molecule has 0 aliphatic carbocycles. The van der Waals surface area contributed by atoms with E-state index >= 15 is 0 Å². The van der Waals surface area contributed by atoms with E-state index in [4.69, 9.17) is 11.6 Å². The minimum absolute atomic E-state index is 0.0844. The molecule has 1 aliphatic rings. The number of fused-ring (bicyclic) bond motifs is 2. The monoisotopic (exact) mass is 448 g/mol.